The molecule has 1 amide bonds. The van der Waals surface area contributed by atoms with Crippen LogP contribution in [0.15, 0.2) is 60.7 Å². The normalized spacial score (nSPS) is 16.1. The van der Waals surface area contributed by atoms with Crippen LogP contribution < -0.4 is 19.9 Å². The molecule has 210 valence electrons. The Morgan fingerprint density at radius 3 is 2.33 bits per heavy atom. The van der Waals surface area contributed by atoms with E-state index < -0.39 is 0 Å². The number of carbonyl (C=O) groups is 2. The summed E-state index contributed by atoms with van der Waals surface area (Å²) in [7, 11) is 1.59. The van der Waals surface area contributed by atoms with Gasteiger partial charge in [-0.2, -0.15) is 0 Å². The summed E-state index contributed by atoms with van der Waals surface area (Å²) < 4.78 is 24.4. The van der Waals surface area contributed by atoms with Crippen LogP contribution in [0.1, 0.15) is 46.0 Å². The second-order valence-corrected chi connectivity index (χ2v) is 10.2. The molecule has 0 aromatic heterocycles. The van der Waals surface area contributed by atoms with Crippen LogP contribution in [0.4, 0.5) is 21.5 Å². The lowest BCUT2D eigenvalue weighted by Gasteiger charge is -2.39. The molecule has 0 spiro atoms. The molecule has 0 aliphatic carbocycles. The minimum Gasteiger partial charge on any atom is -0.495 e. The molecule has 5 rings (SSSR count). The van der Waals surface area contributed by atoms with E-state index in [0.717, 1.165) is 30.0 Å². The number of ketones is 1. The second-order valence-electron chi connectivity index (χ2n) is 10.2. The molecule has 0 atom stereocenters. The first-order valence-corrected chi connectivity index (χ1v) is 14.0. The summed E-state index contributed by atoms with van der Waals surface area (Å²) in [5.41, 5.74) is 4.95. The van der Waals surface area contributed by atoms with Crippen molar-refractivity contribution in [2.24, 2.45) is 5.92 Å². The van der Waals surface area contributed by atoms with Gasteiger partial charge in [-0.1, -0.05) is 19.1 Å². The van der Waals surface area contributed by atoms with Gasteiger partial charge >= 0.3 is 0 Å². The zero-order chi connectivity index (χ0) is 28.1. The molecule has 0 bridgehead atoms. The van der Waals surface area contributed by atoms with Crippen molar-refractivity contribution in [2.75, 3.05) is 61.6 Å². The largest absolute Gasteiger partial charge is 0.495 e. The number of Topliss-reactive ketones (excluding diaryl/α,β-unsaturated/α-hetero) is 1. The Labute approximate surface area is 234 Å². The summed E-state index contributed by atoms with van der Waals surface area (Å²) in [6, 6.07) is 17.2. The lowest BCUT2D eigenvalue weighted by Crippen LogP contribution is -2.41. The Morgan fingerprint density at radius 2 is 1.65 bits per heavy atom. The number of para-hydroxylation sites is 2. The number of hydrogen-bond donors (Lipinski definition) is 1. The van der Waals surface area contributed by atoms with Crippen LogP contribution in [-0.4, -0.2) is 58.2 Å². The molecule has 2 fully saturated rings. The van der Waals surface area contributed by atoms with Gasteiger partial charge in [0.15, 0.2) is 5.78 Å². The van der Waals surface area contributed by atoms with Gasteiger partial charge < -0.3 is 24.6 Å². The van der Waals surface area contributed by atoms with Crippen molar-refractivity contribution in [3.8, 4) is 5.75 Å². The Kier molecular flexibility index (Phi) is 8.65. The number of anilines is 3. The standard InChI is InChI=1S/C32H36FN3O4/c1-3-25-26(32(38)34-27-6-4-5-7-29(27)39-2)12-13-28(35-18-20-40-21-19-35)30(25)36-16-14-23(15-17-36)31(37)22-8-10-24(33)11-9-22/h4-13,23H,3,14-21H2,1-2H3,(H,34,38). The highest BCUT2D eigenvalue weighted by Gasteiger charge is 2.31. The average molecular weight is 546 g/mol. The van der Waals surface area contributed by atoms with Crippen LogP contribution in [0, 0.1) is 11.7 Å². The number of morpholine rings is 1. The molecule has 1 N–H and O–H groups in total. The van der Waals surface area contributed by atoms with E-state index in [1.54, 1.807) is 19.2 Å². The summed E-state index contributed by atoms with van der Waals surface area (Å²) in [6.45, 7) is 6.34. The maximum Gasteiger partial charge on any atom is 0.256 e. The van der Waals surface area contributed by atoms with Gasteiger partial charge in [0.05, 0.1) is 37.4 Å². The van der Waals surface area contributed by atoms with Crippen LogP contribution in [-0.2, 0) is 11.2 Å². The number of halogens is 1. The van der Waals surface area contributed by atoms with Crippen molar-refractivity contribution >= 4 is 28.8 Å². The first-order chi connectivity index (χ1) is 19.5. The first kappa shape index (κ1) is 27.6. The topological polar surface area (TPSA) is 71.1 Å². The predicted octanol–water partition coefficient (Wildman–Crippen LogP) is 5.58. The average Bonchev–Trinajstić information content (AvgIpc) is 3.01. The number of ether oxygens (including phenoxy) is 2. The van der Waals surface area contributed by atoms with Gasteiger partial charge in [0.25, 0.3) is 5.91 Å². The van der Waals surface area contributed by atoms with Gasteiger partial charge in [0, 0.05) is 43.2 Å². The number of hydrogen-bond acceptors (Lipinski definition) is 6. The summed E-state index contributed by atoms with van der Waals surface area (Å²) in [6.07, 6.45) is 2.07. The number of benzene rings is 3. The summed E-state index contributed by atoms with van der Waals surface area (Å²) >= 11 is 0. The fourth-order valence-corrected chi connectivity index (χ4v) is 5.76. The predicted molar refractivity (Wildman–Crippen MR) is 155 cm³/mol. The van der Waals surface area contributed by atoms with Crippen molar-refractivity contribution in [3.05, 3.63) is 83.2 Å². The van der Waals surface area contributed by atoms with E-state index >= 15 is 0 Å². The molecular formula is C32H36FN3O4. The number of nitrogens with one attached hydrogen (secondary N) is 1. The smallest absolute Gasteiger partial charge is 0.256 e. The third kappa shape index (κ3) is 5.82. The van der Waals surface area contributed by atoms with Crippen LogP contribution in [0.5, 0.6) is 5.75 Å². The van der Waals surface area contributed by atoms with Crippen molar-refractivity contribution < 1.29 is 23.5 Å². The SMILES string of the molecule is CCc1c(C(=O)Nc2ccccc2OC)ccc(N2CCOCC2)c1N1CCC(C(=O)c2ccc(F)cc2)CC1. The molecule has 2 saturated heterocycles. The van der Waals surface area contributed by atoms with Gasteiger partial charge in [-0.05, 0) is 73.4 Å². The highest BCUT2D eigenvalue weighted by molar-refractivity contribution is 6.08. The summed E-state index contributed by atoms with van der Waals surface area (Å²) in [4.78, 5) is 31.4. The highest BCUT2D eigenvalue weighted by atomic mass is 19.1. The molecular weight excluding hydrogens is 509 g/mol. The van der Waals surface area contributed by atoms with Gasteiger partial charge in [-0.15, -0.1) is 0 Å². The number of rotatable bonds is 8. The molecule has 0 saturated carbocycles. The van der Waals surface area contributed by atoms with Gasteiger partial charge in [0.2, 0.25) is 0 Å². The molecule has 0 radical (unpaired) electrons. The van der Waals surface area contributed by atoms with Crippen molar-refractivity contribution in [3.63, 3.8) is 0 Å². The Balaban J connectivity index is 1.44. The van der Waals surface area contributed by atoms with E-state index in [0.29, 0.717) is 68.1 Å². The fraction of sp³-hybridized carbons (Fsp3) is 0.375. The molecule has 8 heteroatoms. The van der Waals surface area contributed by atoms with Crippen LogP contribution >= 0.6 is 0 Å². The third-order valence-electron chi connectivity index (χ3n) is 7.88. The molecule has 2 aliphatic heterocycles. The van der Waals surface area contributed by atoms with Gasteiger partial charge in [-0.25, -0.2) is 4.39 Å². The van der Waals surface area contributed by atoms with Gasteiger partial charge in [-0.3, -0.25) is 9.59 Å². The molecule has 3 aromatic carbocycles. The maximum atomic E-state index is 13.6. The lowest BCUT2D eigenvalue weighted by atomic mass is 9.88. The molecule has 2 heterocycles. The van der Waals surface area contributed by atoms with Crippen molar-refractivity contribution in [1.29, 1.82) is 0 Å². The molecule has 40 heavy (non-hydrogen) atoms. The number of methoxy groups -OCH3 is 1. The summed E-state index contributed by atoms with van der Waals surface area (Å²) in [5, 5.41) is 3.04. The van der Waals surface area contributed by atoms with E-state index in [1.807, 2.05) is 36.4 Å². The Bertz CT molecular complexity index is 1350. The third-order valence-corrected chi connectivity index (χ3v) is 7.88. The van der Waals surface area contributed by atoms with E-state index in [4.69, 9.17) is 9.47 Å². The first-order valence-electron chi connectivity index (χ1n) is 14.0. The van der Waals surface area contributed by atoms with E-state index in [-0.39, 0.29) is 23.4 Å². The molecule has 0 unspecified atom stereocenters. The monoisotopic (exact) mass is 545 g/mol. The van der Waals surface area contributed by atoms with Crippen molar-refractivity contribution in [2.45, 2.75) is 26.2 Å². The van der Waals surface area contributed by atoms with Crippen LogP contribution in [0.25, 0.3) is 0 Å². The van der Waals surface area contributed by atoms with E-state index in [2.05, 4.69) is 22.0 Å². The lowest BCUT2D eigenvalue weighted by molar-refractivity contribution is 0.0900. The van der Waals surface area contributed by atoms with Crippen LogP contribution in [0.3, 0.4) is 0 Å². The van der Waals surface area contributed by atoms with Gasteiger partial charge in [0.1, 0.15) is 11.6 Å². The quantitative estimate of drug-likeness (QED) is 0.373. The van der Waals surface area contributed by atoms with Crippen molar-refractivity contribution in [1.82, 2.24) is 0 Å². The summed E-state index contributed by atoms with van der Waals surface area (Å²) in [5.74, 6) is 0.0255. The molecule has 3 aromatic rings. The molecule has 7 nitrogen and oxygen atoms in total. The minimum atomic E-state index is -0.344. The number of piperidine rings is 1. The number of nitrogens with zero attached hydrogens (tertiary/aromatic N) is 2. The highest BCUT2D eigenvalue weighted by Crippen LogP contribution is 2.39. The number of amides is 1. The second kappa shape index (κ2) is 12.5. The van der Waals surface area contributed by atoms with E-state index in [9.17, 15) is 14.0 Å². The number of carbonyl (C=O) groups excluding carboxylic acids is 2. The zero-order valence-corrected chi connectivity index (χ0v) is 23.1. The fourth-order valence-electron chi connectivity index (χ4n) is 5.76. The zero-order valence-electron chi connectivity index (χ0n) is 23.1. The van der Waals surface area contributed by atoms with Crippen LogP contribution in [0.2, 0.25) is 0 Å². The Morgan fingerprint density at radius 1 is 0.950 bits per heavy atom. The Hall–Kier alpha value is -3.91. The van der Waals surface area contributed by atoms with E-state index in [1.165, 1.54) is 12.1 Å². The minimum absolute atomic E-state index is 0.0636. The molecule has 2 aliphatic rings. The maximum absolute atomic E-state index is 13.6.